The number of amides is 1. The molecular weight excluding hydrogens is 286 g/mol. The molecule has 2 rings (SSSR count). The summed E-state index contributed by atoms with van der Waals surface area (Å²) in [6, 6.07) is 5.58. The Morgan fingerprint density at radius 2 is 2.00 bits per heavy atom. The predicted octanol–water partition coefficient (Wildman–Crippen LogP) is 0.977. The molecule has 1 aromatic carbocycles. The highest BCUT2D eigenvalue weighted by molar-refractivity contribution is 6.31. The number of hydrogen-bond donors (Lipinski definition) is 3. The number of rotatable bonds is 3. The highest BCUT2D eigenvalue weighted by atomic mass is 35.5. The summed E-state index contributed by atoms with van der Waals surface area (Å²) in [7, 11) is 1.41. The third-order valence-electron chi connectivity index (χ3n) is 2.41. The molecule has 0 bridgehead atoms. The summed E-state index contributed by atoms with van der Waals surface area (Å²) in [4.78, 5) is 38.6. The summed E-state index contributed by atoms with van der Waals surface area (Å²) < 4.78 is 5.05. The Balaban J connectivity index is 2.35. The average molecular weight is 296 g/mol. The van der Waals surface area contributed by atoms with Crippen LogP contribution in [-0.4, -0.2) is 23.0 Å². The lowest BCUT2D eigenvalue weighted by atomic mass is 10.2. The van der Waals surface area contributed by atoms with Crippen LogP contribution >= 0.6 is 11.6 Å². The molecule has 104 valence electrons. The maximum absolute atomic E-state index is 12.1. The monoisotopic (exact) mass is 295 g/mol. The van der Waals surface area contributed by atoms with Crippen molar-refractivity contribution >= 4 is 23.3 Å². The van der Waals surface area contributed by atoms with Gasteiger partial charge in [0.1, 0.15) is 11.6 Å². The molecule has 1 amide bonds. The number of anilines is 1. The maximum atomic E-state index is 12.1. The normalized spacial score (nSPS) is 10.1. The molecule has 0 aliphatic carbocycles. The Morgan fingerprint density at radius 3 is 2.65 bits per heavy atom. The van der Waals surface area contributed by atoms with Crippen molar-refractivity contribution in [1.82, 2.24) is 9.97 Å². The van der Waals surface area contributed by atoms with Crippen molar-refractivity contribution in [2.75, 3.05) is 12.4 Å². The molecular formula is C12H10ClN3O4. The molecule has 2 aromatic rings. The highest BCUT2D eigenvalue weighted by Gasteiger charge is 2.13. The standard InChI is InChI=1S/C12H10ClN3O4/c1-20-8-3-2-6(13)4-7(8)11(18)14-9-5-10(17)16-12(19)15-9/h2-5H,1H3,(H3,14,15,16,17,18,19). The number of hydrogen-bond acceptors (Lipinski definition) is 4. The molecule has 0 unspecified atom stereocenters. The zero-order chi connectivity index (χ0) is 14.7. The van der Waals surface area contributed by atoms with E-state index in [1.54, 1.807) is 6.07 Å². The first-order chi connectivity index (χ1) is 9.49. The minimum absolute atomic E-state index is 0.0224. The van der Waals surface area contributed by atoms with Gasteiger partial charge < -0.3 is 10.1 Å². The number of benzene rings is 1. The van der Waals surface area contributed by atoms with E-state index in [0.717, 1.165) is 6.07 Å². The molecule has 0 atom stereocenters. The molecule has 1 aromatic heterocycles. The number of ether oxygens (including phenoxy) is 1. The summed E-state index contributed by atoms with van der Waals surface area (Å²) in [6.45, 7) is 0. The Labute approximate surface area is 117 Å². The number of nitrogens with one attached hydrogen (secondary N) is 3. The van der Waals surface area contributed by atoms with Crippen molar-refractivity contribution in [3.8, 4) is 5.75 Å². The van der Waals surface area contributed by atoms with Gasteiger partial charge >= 0.3 is 5.69 Å². The van der Waals surface area contributed by atoms with Crippen molar-refractivity contribution in [3.63, 3.8) is 0 Å². The molecule has 20 heavy (non-hydrogen) atoms. The van der Waals surface area contributed by atoms with Crippen molar-refractivity contribution in [3.05, 3.63) is 55.7 Å². The van der Waals surface area contributed by atoms with Gasteiger partial charge in [0.05, 0.1) is 12.7 Å². The molecule has 0 aliphatic heterocycles. The molecule has 8 heteroatoms. The number of carbonyl (C=O) groups is 1. The summed E-state index contributed by atoms with van der Waals surface area (Å²) in [5.41, 5.74) is -1.16. The van der Waals surface area contributed by atoms with E-state index in [1.165, 1.54) is 19.2 Å². The minimum Gasteiger partial charge on any atom is -0.496 e. The van der Waals surface area contributed by atoms with E-state index < -0.39 is 17.2 Å². The summed E-state index contributed by atoms with van der Waals surface area (Å²) in [5, 5.41) is 2.75. The minimum atomic E-state index is -0.717. The third-order valence-corrected chi connectivity index (χ3v) is 2.65. The van der Waals surface area contributed by atoms with Crippen molar-refractivity contribution in [2.24, 2.45) is 0 Å². The van der Waals surface area contributed by atoms with Crippen LogP contribution in [0.3, 0.4) is 0 Å². The molecule has 0 aliphatic rings. The summed E-state index contributed by atoms with van der Waals surface area (Å²) in [6.07, 6.45) is 0. The van der Waals surface area contributed by atoms with Gasteiger partial charge in [-0.25, -0.2) is 4.79 Å². The highest BCUT2D eigenvalue weighted by Crippen LogP contribution is 2.23. The fourth-order valence-corrected chi connectivity index (χ4v) is 1.76. The molecule has 0 fully saturated rings. The van der Waals surface area contributed by atoms with E-state index in [0.29, 0.717) is 10.8 Å². The topological polar surface area (TPSA) is 104 Å². The fraction of sp³-hybridized carbons (Fsp3) is 0.0833. The van der Waals surface area contributed by atoms with Crippen LogP contribution in [0.2, 0.25) is 5.02 Å². The van der Waals surface area contributed by atoms with E-state index >= 15 is 0 Å². The van der Waals surface area contributed by atoms with Gasteiger partial charge in [-0.15, -0.1) is 0 Å². The van der Waals surface area contributed by atoms with Crippen LogP contribution in [0.25, 0.3) is 0 Å². The van der Waals surface area contributed by atoms with Gasteiger partial charge in [0.2, 0.25) is 0 Å². The zero-order valence-corrected chi connectivity index (χ0v) is 11.1. The molecule has 0 saturated carbocycles. The molecule has 3 N–H and O–H groups in total. The first kappa shape index (κ1) is 13.9. The van der Waals surface area contributed by atoms with E-state index in [1.807, 2.05) is 4.98 Å². The van der Waals surface area contributed by atoms with Gasteiger partial charge in [-0.1, -0.05) is 11.6 Å². The van der Waals surface area contributed by atoms with Crippen molar-refractivity contribution in [1.29, 1.82) is 0 Å². The first-order valence-corrected chi connectivity index (χ1v) is 5.86. The van der Waals surface area contributed by atoms with Gasteiger partial charge in [0.25, 0.3) is 11.5 Å². The number of carbonyl (C=O) groups excluding carboxylic acids is 1. The van der Waals surface area contributed by atoms with Crippen molar-refractivity contribution in [2.45, 2.75) is 0 Å². The van der Waals surface area contributed by atoms with Gasteiger partial charge in [0.15, 0.2) is 0 Å². The van der Waals surface area contributed by atoms with Crippen LogP contribution in [0.5, 0.6) is 5.75 Å². The lowest BCUT2D eigenvalue weighted by molar-refractivity contribution is 0.102. The Kier molecular flexibility index (Phi) is 3.90. The quantitative estimate of drug-likeness (QED) is 0.785. The van der Waals surface area contributed by atoms with Crippen LogP contribution in [0.1, 0.15) is 10.4 Å². The Hall–Kier alpha value is -2.54. The Morgan fingerprint density at radius 1 is 1.25 bits per heavy atom. The Bertz CT molecular complexity index is 738. The number of aromatic amines is 2. The third kappa shape index (κ3) is 3.07. The van der Waals surface area contributed by atoms with Gasteiger partial charge in [-0.05, 0) is 18.2 Å². The largest absolute Gasteiger partial charge is 0.496 e. The number of methoxy groups -OCH3 is 1. The number of H-pyrrole nitrogens is 2. The van der Waals surface area contributed by atoms with Crippen LogP contribution in [-0.2, 0) is 0 Å². The van der Waals surface area contributed by atoms with Crippen LogP contribution < -0.4 is 21.3 Å². The average Bonchev–Trinajstić information content (AvgIpc) is 2.37. The smallest absolute Gasteiger partial charge is 0.327 e. The number of halogens is 1. The van der Waals surface area contributed by atoms with Crippen molar-refractivity contribution < 1.29 is 9.53 Å². The molecule has 7 nitrogen and oxygen atoms in total. The van der Waals surface area contributed by atoms with Gasteiger partial charge in [-0.2, -0.15) is 0 Å². The second kappa shape index (κ2) is 5.62. The predicted molar refractivity (Wildman–Crippen MR) is 73.6 cm³/mol. The van der Waals surface area contributed by atoms with E-state index in [4.69, 9.17) is 16.3 Å². The number of aromatic nitrogens is 2. The first-order valence-electron chi connectivity index (χ1n) is 5.48. The summed E-state index contributed by atoms with van der Waals surface area (Å²) in [5.74, 6) is -0.268. The fourth-order valence-electron chi connectivity index (χ4n) is 1.58. The molecule has 0 spiro atoms. The molecule has 1 heterocycles. The lowest BCUT2D eigenvalue weighted by Gasteiger charge is -2.09. The molecule has 0 saturated heterocycles. The zero-order valence-electron chi connectivity index (χ0n) is 10.3. The second-order valence-electron chi connectivity index (χ2n) is 3.80. The molecule has 0 radical (unpaired) electrons. The van der Waals surface area contributed by atoms with E-state index in [9.17, 15) is 14.4 Å². The van der Waals surface area contributed by atoms with Crippen LogP contribution in [0.15, 0.2) is 33.9 Å². The van der Waals surface area contributed by atoms with Crippen LogP contribution in [0.4, 0.5) is 5.82 Å². The lowest BCUT2D eigenvalue weighted by Crippen LogP contribution is -2.24. The summed E-state index contributed by atoms with van der Waals surface area (Å²) >= 11 is 5.82. The van der Waals surface area contributed by atoms with E-state index in [-0.39, 0.29) is 11.4 Å². The van der Waals surface area contributed by atoms with Gasteiger partial charge in [0, 0.05) is 11.1 Å². The maximum Gasteiger partial charge on any atom is 0.327 e. The van der Waals surface area contributed by atoms with Gasteiger partial charge in [-0.3, -0.25) is 19.6 Å². The SMILES string of the molecule is COc1ccc(Cl)cc1C(=O)Nc1cc(=O)[nH]c(=O)[nH]1. The van der Waals surface area contributed by atoms with Crippen LogP contribution in [0, 0.1) is 0 Å². The van der Waals surface area contributed by atoms with E-state index in [2.05, 4.69) is 10.3 Å². The second-order valence-corrected chi connectivity index (χ2v) is 4.24.